The number of rotatable bonds is 6. The van der Waals surface area contributed by atoms with E-state index in [1.54, 1.807) is 13.0 Å². The van der Waals surface area contributed by atoms with Crippen molar-refractivity contribution in [3.8, 4) is 17.0 Å². The number of aromatic amines is 1. The molecular weight excluding hydrogens is 394 g/mol. The number of nitrogens with one attached hydrogen (secondary N) is 2. The fourth-order valence-corrected chi connectivity index (χ4v) is 2.58. The van der Waals surface area contributed by atoms with E-state index in [1.807, 2.05) is 37.3 Å². The minimum absolute atomic E-state index is 0.277. The van der Waals surface area contributed by atoms with E-state index in [4.69, 9.17) is 33.9 Å². The molecule has 0 amide bonds. The lowest BCUT2D eigenvalue weighted by atomic mass is 10.1. The van der Waals surface area contributed by atoms with Gasteiger partial charge in [0, 0.05) is 18.5 Å². The summed E-state index contributed by atoms with van der Waals surface area (Å²) in [7, 11) is 0. The summed E-state index contributed by atoms with van der Waals surface area (Å²) in [5.74, 6) is 0.353. The number of hydrogen-bond acceptors (Lipinski definition) is 6. The Kier molecular flexibility index (Phi) is 10.3. The van der Waals surface area contributed by atoms with Crippen molar-refractivity contribution in [2.24, 2.45) is 0 Å². The van der Waals surface area contributed by atoms with Crippen molar-refractivity contribution >= 4 is 35.4 Å². The molecule has 0 aliphatic heterocycles. The highest BCUT2D eigenvalue weighted by Gasteiger charge is 2.10. The summed E-state index contributed by atoms with van der Waals surface area (Å²) in [5, 5.41) is 9.98. The molecule has 0 bridgehead atoms. The van der Waals surface area contributed by atoms with Crippen LogP contribution in [0.3, 0.4) is 0 Å². The molecule has 1 unspecified atom stereocenters. The highest BCUT2D eigenvalue weighted by Crippen LogP contribution is 2.27. The number of carbonyl (C=O) groups is 1. The number of esters is 1. The number of hydrogen-bond donors (Lipinski definition) is 2. The van der Waals surface area contributed by atoms with Gasteiger partial charge in [-0.2, -0.15) is 5.10 Å². The van der Waals surface area contributed by atoms with Crippen LogP contribution in [0.2, 0.25) is 0 Å². The second-order valence-corrected chi connectivity index (χ2v) is 7.44. The average Bonchev–Trinajstić information content (AvgIpc) is 2.60. The first-order valence-corrected chi connectivity index (χ1v) is 9.73. The van der Waals surface area contributed by atoms with Crippen LogP contribution in [-0.4, -0.2) is 39.9 Å². The third-order valence-electron chi connectivity index (χ3n) is 3.17. The highest BCUT2D eigenvalue weighted by molar-refractivity contribution is 7.80. The van der Waals surface area contributed by atoms with E-state index in [0.717, 1.165) is 16.2 Å². The molecule has 28 heavy (non-hydrogen) atoms. The van der Waals surface area contributed by atoms with Gasteiger partial charge in [0.25, 0.3) is 0 Å². The zero-order valence-corrected chi connectivity index (χ0v) is 18.4. The summed E-state index contributed by atoms with van der Waals surface area (Å²) in [5.41, 5.74) is 1.58. The van der Waals surface area contributed by atoms with Crippen LogP contribution in [0.4, 0.5) is 0 Å². The number of para-hydroxylation sites is 1. The van der Waals surface area contributed by atoms with E-state index in [0.29, 0.717) is 16.4 Å². The zero-order valence-electron chi connectivity index (χ0n) is 16.8. The fraction of sp³-hybridized carbons (Fsp3) is 0.400. The number of aromatic nitrogens is 2. The van der Waals surface area contributed by atoms with Crippen LogP contribution >= 0.6 is 24.4 Å². The molecule has 8 heteroatoms. The van der Waals surface area contributed by atoms with Gasteiger partial charge in [-0.3, -0.25) is 9.89 Å². The Balaban J connectivity index is 0.000000480. The number of thiocarbonyl (C=S) groups is 1. The summed E-state index contributed by atoms with van der Waals surface area (Å²) in [6, 6.07) is 11.6. The number of carbonyl (C=O) groups excluding carboxylic acids is 1. The normalized spacial score (nSPS) is 11.1. The Hall–Kier alpha value is -2.32. The van der Waals surface area contributed by atoms with Gasteiger partial charge in [0.1, 0.15) is 23.1 Å². The standard InChI is InChI=1S/C15H16N2O3S.C5H11NS/c1-10(20-11(2)18)9-19-14-6-4-3-5-12(14)13-7-8-15(21)17-16-13;1-4(2)6-5(3)7/h3-8,10H,9H2,1-2H3,(H,17,21);4H,1-3H3,(H,6,7). The lowest BCUT2D eigenvalue weighted by Crippen LogP contribution is -2.25. The van der Waals surface area contributed by atoms with Crippen molar-refractivity contribution in [2.45, 2.75) is 46.8 Å². The Morgan fingerprint density at radius 3 is 2.36 bits per heavy atom. The first-order chi connectivity index (χ1) is 13.2. The van der Waals surface area contributed by atoms with Gasteiger partial charge in [-0.1, -0.05) is 36.6 Å². The first-order valence-electron chi connectivity index (χ1n) is 8.91. The molecule has 6 nitrogen and oxygen atoms in total. The summed E-state index contributed by atoms with van der Waals surface area (Å²) in [4.78, 5) is 11.8. The van der Waals surface area contributed by atoms with Crippen molar-refractivity contribution in [1.29, 1.82) is 0 Å². The number of H-pyrrole nitrogens is 1. The van der Waals surface area contributed by atoms with E-state index < -0.39 is 0 Å². The van der Waals surface area contributed by atoms with E-state index in [9.17, 15) is 4.79 Å². The van der Waals surface area contributed by atoms with Crippen molar-refractivity contribution in [2.75, 3.05) is 6.61 Å². The lowest BCUT2D eigenvalue weighted by molar-refractivity contribution is -0.146. The minimum Gasteiger partial charge on any atom is -0.489 e. The quantitative estimate of drug-likeness (QED) is 0.526. The SMILES string of the molecule is CC(=O)OC(C)COc1ccccc1-c1ccc(=S)[nH]n1.CC(=S)NC(C)C. The van der Waals surface area contributed by atoms with Crippen LogP contribution in [0.5, 0.6) is 5.75 Å². The summed E-state index contributed by atoms with van der Waals surface area (Å²) >= 11 is 9.74. The van der Waals surface area contributed by atoms with E-state index in [2.05, 4.69) is 29.4 Å². The predicted molar refractivity (Wildman–Crippen MR) is 118 cm³/mol. The number of benzene rings is 1. The summed E-state index contributed by atoms with van der Waals surface area (Å²) < 4.78 is 11.3. The van der Waals surface area contributed by atoms with Crippen molar-refractivity contribution in [3.63, 3.8) is 0 Å². The first kappa shape index (κ1) is 23.7. The van der Waals surface area contributed by atoms with Crippen molar-refractivity contribution < 1.29 is 14.3 Å². The van der Waals surface area contributed by atoms with Crippen molar-refractivity contribution in [3.05, 3.63) is 41.0 Å². The average molecular weight is 422 g/mol. The molecule has 0 aliphatic rings. The van der Waals surface area contributed by atoms with E-state index in [1.165, 1.54) is 6.92 Å². The van der Waals surface area contributed by atoms with Gasteiger partial charge in [0.05, 0.1) is 10.7 Å². The second-order valence-electron chi connectivity index (χ2n) is 6.39. The smallest absolute Gasteiger partial charge is 0.303 e. The molecule has 1 aromatic heterocycles. The Morgan fingerprint density at radius 1 is 1.18 bits per heavy atom. The molecule has 1 aromatic carbocycles. The Labute approximate surface area is 176 Å². The predicted octanol–water partition coefficient (Wildman–Crippen LogP) is 4.47. The van der Waals surface area contributed by atoms with E-state index >= 15 is 0 Å². The molecule has 0 fully saturated rings. The van der Waals surface area contributed by atoms with Crippen molar-refractivity contribution in [1.82, 2.24) is 15.5 Å². The third kappa shape index (κ3) is 9.57. The Morgan fingerprint density at radius 2 is 1.86 bits per heavy atom. The van der Waals surface area contributed by atoms with Crippen LogP contribution in [0, 0.1) is 4.64 Å². The highest BCUT2D eigenvalue weighted by atomic mass is 32.1. The number of ether oxygens (including phenoxy) is 2. The molecule has 1 heterocycles. The molecule has 152 valence electrons. The van der Waals surface area contributed by atoms with Gasteiger partial charge in [-0.05, 0) is 52.0 Å². The molecule has 0 spiro atoms. The monoisotopic (exact) mass is 421 g/mol. The molecule has 0 saturated carbocycles. The van der Waals surface area contributed by atoms with Gasteiger partial charge >= 0.3 is 5.97 Å². The molecule has 0 radical (unpaired) electrons. The van der Waals surface area contributed by atoms with Gasteiger partial charge < -0.3 is 14.8 Å². The zero-order chi connectivity index (χ0) is 21.1. The number of nitrogens with zero attached hydrogens (tertiary/aromatic N) is 1. The van der Waals surface area contributed by atoms with Crippen LogP contribution in [0.25, 0.3) is 11.3 Å². The van der Waals surface area contributed by atoms with Gasteiger partial charge in [-0.15, -0.1) is 0 Å². The molecule has 0 aliphatic carbocycles. The third-order valence-corrected chi connectivity index (χ3v) is 3.52. The topological polar surface area (TPSA) is 76.2 Å². The van der Waals surface area contributed by atoms with Gasteiger partial charge in [-0.25, -0.2) is 0 Å². The molecular formula is C20H27N3O3S2. The van der Waals surface area contributed by atoms with Crippen LogP contribution in [-0.2, 0) is 9.53 Å². The van der Waals surface area contributed by atoms with Crippen LogP contribution in [0.15, 0.2) is 36.4 Å². The molecule has 1 atom stereocenters. The largest absolute Gasteiger partial charge is 0.489 e. The van der Waals surface area contributed by atoms with Gasteiger partial charge in [0.2, 0.25) is 0 Å². The second kappa shape index (κ2) is 12.2. The summed E-state index contributed by atoms with van der Waals surface area (Å²) in [6.07, 6.45) is -0.315. The lowest BCUT2D eigenvalue weighted by Gasteiger charge is -2.15. The Bertz CT molecular complexity index is 817. The molecule has 0 saturated heterocycles. The molecule has 2 N–H and O–H groups in total. The molecule has 2 aromatic rings. The van der Waals surface area contributed by atoms with Crippen LogP contribution < -0.4 is 10.1 Å². The van der Waals surface area contributed by atoms with Gasteiger partial charge in [0.15, 0.2) is 0 Å². The molecule has 2 rings (SSSR count). The maximum absolute atomic E-state index is 10.9. The van der Waals surface area contributed by atoms with E-state index in [-0.39, 0.29) is 18.7 Å². The summed E-state index contributed by atoms with van der Waals surface area (Å²) in [6.45, 7) is 9.45. The fourth-order valence-electron chi connectivity index (χ4n) is 2.23. The maximum Gasteiger partial charge on any atom is 0.303 e. The van der Waals surface area contributed by atoms with Crippen LogP contribution in [0.1, 0.15) is 34.6 Å². The minimum atomic E-state index is -0.323. The maximum atomic E-state index is 10.9.